The van der Waals surface area contributed by atoms with Gasteiger partial charge in [-0.15, -0.1) is 0 Å². The van der Waals surface area contributed by atoms with Crippen molar-refractivity contribution < 1.29 is 18.9 Å². The van der Waals surface area contributed by atoms with Gasteiger partial charge in [0, 0.05) is 24.7 Å². The Morgan fingerprint density at radius 3 is 2.33 bits per heavy atom. The van der Waals surface area contributed by atoms with Crippen LogP contribution in [0.4, 0.5) is 0 Å². The number of fused-ring (bicyclic) bond motifs is 6. The Labute approximate surface area is 197 Å². The van der Waals surface area contributed by atoms with E-state index in [0.29, 0.717) is 17.8 Å². The van der Waals surface area contributed by atoms with Crippen molar-refractivity contribution in [3.8, 4) is 0 Å². The summed E-state index contributed by atoms with van der Waals surface area (Å²) >= 11 is 0. The molecule has 6 aliphatic rings. The fourth-order valence-electron chi connectivity index (χ4n) is 8.74. The Kier molecular flexibility index (Phi) is 4.45. The molecule has 0 amide bonds. The maximum absolute atomic E-state index is 6.42. The molecule has 2 aliphatic heterocycles. The lowest BCUT2D eigenvalue weighted by molar-refractivity contribution is -0.215. The summed E-state index contributed by atoms with van der Waals surface area (Å²) in [6.45, 7) is 7.85. The van der Waals surface area contributed by atoms with Gasteiger partial charge in [-0.2, -0.15) is 0 Å². The van der Waals surface area contributed by atoms with Crippen molar-refractivity contribution in [1.82, 2.24) is 0 Å². The first-order chi connectivity index (χ1) is 16.0. The van der Waals surface area contributed by atoms with Gasteiger partial charge in [-0.3, -0.25) is 0 Å². The molecule has 4 nitrogen and oxygen atoms in total. The average molecular weight is 449 g/mol. The summed E-state index contributed by atoms with van der Waals surface area (Å²) in [5, 5.41) is 0. The highest BCUT2D eigenvalue weighted by Crippen LogP contribution is 2.69. The van der Waals surface area contributed by atoms with Crippen LogP contribution in [0.5, 0.6) is 0 Å². The molecule has 33 heavy (non-hydrogen) atoms. The zero-order valence-corrected chi connectivity index (χ0v) is 20.0. The lowest BCUT2D eigenvalue weighted by Crippen LogP contribution is -2.54. The molecule has 1 aromatic rings. The van der Waals surface area contributed by atoms with E-state index in [1.165, 1.54) is 17.6 Å². The molecule has 5 atom stereocenters. The molecule has 0 bridgehead atoms. The van der Waals surface area contributed by atoms with Crippen molar-refractivity contribution in [3.05, 3.63) is 53.6 Å². The standard InChI is InChI=1S/C29H36O4/c1-26-12-13-28(30-14-15-31-28)18-21(26)8-9-22-24-10-11-29(32-16-17-33-29)27(24,2)19-23(25(22)26)20-6-4-3-5-7-20/h3-8,19,22,24-25H,9-18H2,1-2H3/t22-,24-,25+,26-,27-/m0/s1. The molecule has 176 valence electrons. The Morgan fingerprint density at radius 2 is 1.58 bits per heavy atom. The highest BCUT2D eigenvalue weighted by molar-refractivity contribution is 5.72. The minimum Gasteiger partial charge on any atom is -0.347 e. The quantitative estimate of drug-likeness (QED) is 0.514. The van der Waals surface area contributed by atoms with Crippen molar-refractivity contribution in [2.45, 2.75) is 63.9 Å². The molecule has 2 heterocycles. The van der Waals surface area contributed by atoms with Gasteiger partial charge in [0.1, 0.15) is 0 Å². The van der Waals surface area contributed by atoms with Gasteiger partial charge in [0.15, 0.2) is 11.6 Å². The van der Waals surface area contributed by atoms with Crippen LogP contribution in [0.3, 0.4) is 0 Å². The molecule has 4 heteroatoms. The number of ether oxygens (including phenoxy) is 4. The van der Waals surface area contributed by atoms with Crippen LogP contribution in [0, 0.1) is 28.6 Å². The fraction of sp³-hybridized carbons (Fsp3) is 0.655. The largest absolute Gasteiger partial charge is 0.347 e. The SMILES string of the molecule is C[C@]12CCC3(CC1=CC[C@@H]1[C@@H]2C(c2ccccc2)=C[C@@]2(C)[C@H]1CCC21OCCO1)OCCO3. The summed E-state index contributed by atoms with van der Waals surface area (Å²) in [5.41, 5.74) is 4.48. The second-order valence-electron chi connectivity index (χ2n) is 11.7. The van der Waals surface area contributed by atoms with Crippen molar-refractivity contribution >= 4 is 5.57 Å². The molecule has 4 aliphatic carbocycles. The van der Waals surface area contributed by atoms with E-state index in [1.54, 1.807) is 5.57 Å². The molecule has 2 saturated heterocycles. The Hall–Kier alpha value is -1.46. The van der Waals surface area contributed by atoms with Crippen molar-refractivity contribution in [2.24, 2.45) is 28.6 Å². The number of benzene rings is 1. The second kappa shape index (κ2) is 7.04. The summed E-state index contributed by atoms with van der Waals surface area (Å²) in [5.74, 6) is 0.873. The van der Waals surface area contributed by atoms with Gasteiger partial charge in [-0.25, -0.2) is 0 Å². The van der Waals surface area contributed by atoms with Crippen LogP contribution in [0.15, 0.2) is 48.1 Å². The van der Waals surface area contributed by atoms with Crippen LogP contribution in [0.1, 0.15) is 57.9 Å². The molecular weight excluding hydrogens is 412 g/mol. The summed E-state index contributed by atoms with van der Waals surface area (Å²) in [7, 11) is 0. The third-order valence-corrected chi connectivity index (χ3v) is 10.3. The van der Waals surface area contributed by atoms with Crippen molar-refractivity contribution in [1.29, 1.82) is 0 Å². The van der Waals surface area contributed by atoms with E-state index in [-0.39, 0.29) is 16.6 Å². The average Bonchev–Trinajstić information content (AvgIpc) is 3.56. The minimum absolute atomic E-state index is 0.0922. The van der Waals surface area contributed by atoms with E-state index in [4.69, 9.17) is 18.9 Å². The van der Waals surface area contributed by atoms with E-state index in [0.717, 1.165) is 58.5 Å². The van der Waals surface area contributed by atoms with E-state index >= 15 is 0 Å². The number of hydrogen-bond acceptors (Lipinski definition) is 4. The Morgan fingerprint density at radius 1 is 0.848 bits per heavy atom. The van der Waals surface area contributed by atoms with Gasteiger partial charge >= 0.3 is 0 Å². The molecule has 2 spiro atoms. The molecule has 7 rings (SSSR count). The maximum Gasteiger partial charge on any atom is 0.177 e. The number of allylic oxidation sites excluding steroid dienone is 2. The maximum atomic E-state index is 6.42. The molecule has 0 N–H and O–H groups in total. The number of hydrogen-bond donors (Lipinski definition) is 0. The lowest BCUT2D eigenvalue weighted by Gasteiger charge is -2.59. The van der Waals surface area contributed by atoms with Gasteiger partial charge < -0.3 is 18.9 Å². The molecular formula is C29H36O4. The first-order valence-electron chi connectivity index (χ1n) is 13.0. The number of rotatable bonds is 1. The molecule has 0 unspecified atom stereocenters. The monoisotopic (exact) mass is 448 g/mol. The Balaban J connectivity index is 1.37. The zero-order chi connectivity index (χ0) is 22.3. The first-order valence-corrected chi connectivity index (χ1v) is 13.0. The lowest BCUT2D eigenvalue weighted by atomic mass is 9.47. The molecule has 0 aromatic heterocycles. The smallest absolute Gasteiger partial charge is 0.177 e. The highest BCUT2D eigenvalue weighted by Gasteiger charge is 2.67. The molecule has 4 fully saturated rings. The van der Waals surface area contributed by atoms with Gasteiger partial charge in [0.05, 0.1) is 26.4 Å². The summed E-state index contributed by atoms with van der Waals surface area (Å²) < 4.78 is 25.2. The first kappa shape index (κ1) is 20.9. The third-order valence-electron chi connectivity index (χ3n) is 10.3. The summed E-state index contributed by atoms with van der Waals surface area (Å²) in [6.07, 6.45) is 11.5. The topological polar surface area (TPSA) is 36.9 Å². The predicted octanol–water partition coefficient (Wildman–Crippen LogP) is 5.74. The fourth-order valence-corrected chi connectivity index (χ4v) is 8.74. The van der Waals surface area contributed by atoms with E-state index in [1.807, 2.05) is 0 Å². The van der Waals surface area contributed by atoms with Crippen molar-refractivity contribution in [3.63, 3.8) is 0 Å². The summed E-state index contributed by atoms with van der Waals surface area (Å²) in [6, 6.07) is 11.1. The van der Waals surface area contributed by atoms with Crippen LogP contribution in [-0.2, 0) is 18.9 Å². The molecule has 0 radical (unpaired) electrons. The molecule has 2 saturated carbocycles. The van der Waals surface area contributed by atoms with Gasteiger partial charge in [-0.1, -0.05) is 61.9 Å². The van der Waals surface area contributed by atoms with Gasteiger partial charge in [-0.05, 0) is 53.6 Å². The summed E-state index contributed by atoms with van der Waals surface area (Å²) in [4.78, 5) is 0. The van der Waals surface area contributed by atoms with Crippen LogP contribution in [0.25, 0.3) is 5.57 Å². The van der Waals surface area contributed by atoms with Crippen LogP contribution in [0.2, 0.25) is 0 Å². The minimum atomic E-state index is -0.449. The van der Waals surface area contributed by atoms with E-state index < -0.39 is 5.79 Å². The van der Waals surface area contributed by atoms with Gasteiger partial charge in [0.2, 0.25) is 0 Å². The third kappa shape index (κ3) is 2.73. The second-order valence-corrected chi connectivity index (χ2v) is 11.7. The highest BCUT2D eigenvalue weighted by atomic mass is 16.7. The zero-order valence-electron chi connectivity index (χ0n) is 20.0. The van der Waals surface area contributed by atoms with Gasteiger partial charge in [0.25, 0.3) is 0 Å². The molecule has 1 aromatic carbocycles. The predicted molar refractivity (Wildman–Crippen MR) is 126 cm³/mol. The van der Waals surface area contributed by atoms with E-state index in [2.05, 4.69) is 56.3 Å². The Bertz CT molecular complexity index is 1000. The van der Waals surface area contributed by atoms with Crippen LogP contribution in [-0.4, -0.2) is 38.0 Å². The van der Waals surface area contributed by atoms with Crippen LogP contribution >= 0.6 is 0 Å². The van der Waals surface area contributed by atoms with Crippen molar-refractivity contribution in [2.75, 3.05) is 26.4 Å². The normalized spacial score (nSPS) is 42.5. The van der Waals surface area contributed by atoms with E-state index in [9.17, 15) is 0 Å². The van der Waals surface area contributed by atoms with Crippen LogP contribution < -0.4 is 0 Å².